The number of amides is 2. The van der Waals surface area contributed by atoms with Gasteiger partial charge in [-0.05, 0) is 60.8 Å². The standard InChI is InChI=1S/C24H42N2O6/c1-11-16-14-17(20(28)31-22(5,6)7)26(21(29)32-23(8,9)10)18(16)19(25-15(4)27)24(30,12-2)13-3/h11,16-19,30H,1,12-14H2,2-10H3,(H,25,27)/t16-,17-,18-,19-/m1/s1. The molecule has 1 aliphatic rings. The Balaban J connectivity index is 3.62. The normalized spacial score (nSPS) is 22.8. The monoisotopic (exact) mass is 454 g/mol. The predicted octanol–water partition coefficient (Wildman–Crippen LogP) is 3.56. The molecule has 2 N–H and O–H groups in total. The maximum absolute atomic E-state index is 13.4. The molecule has 4 atom stereocenters. The topological polar surface area (TPSA) is 105 Å². The summed E-state index contributed by atoms with van der Waals surface area (Å²) in [5.41, 5.74) is -2.86. The zero-order valence-corrected chi connectivity index (χ0v) is 21.2. The Hall–Kier alpha value is -2.09. The molecule has 8 heteroatoms. The van der Waals surface area contributed by atoms with Crippen molar-refractivity contribution in [3.05, 3.63) is 12.7 Å². The number of ether oxygens (including phenoxy) is 2. The third-order valence-corrected chi connectivity index (χ3v) is 5.68. The van der Waals surface area contributed by atoms with Crippen LogP contribution in [0.4, 0.5) is 4.79 Å². The molecule has 1 heterocycles. The van der Waals surface area contributed by atoms with Crippen LogP contribution in [0.5, 0.6) is 0 Å². The highest BCUT2D eigenvalue weighted by Crippen LogP contribution is 2.39. The van der Waals surface area contributed by atoms with Gasteiger partial charge in [0, 0.05) is 12.8 Å². The molecule has 8 nitrogen and oxygen atoms in total. The molecule has 0 bridgehead atoms. The first-order chi connectivity index (χ1) is 14.5. The van der Waals surface area contributed by atoms with Crippen LogP contribution in [0.2, 0.25) is 0 Å². The van der Waals surface area contributed by atoms with Crippen LogP contribution >= 0.6 is 0 Å². The quantitative estimate of drug-likeness (QED) is 0.450. The number of carbonyl (C=O) groups is 3. The van der Waals surface area contributed by atoms with Crippen molar-refractivity contribution in [2.45, 2.75) is 117 Å². The maximum atomic E-state index is 13.4. The van der Waals surface area contributed by atoms with Crippen molar-refractivity contribution < 1.29 is 29.0 Å². The van der Waals surface area contributed by atoms with Gasteiger partial charge in [0.15, 0.2) is 0 Å². The molecule has 184 valence electrons. The maximum Gasteiger partial charge on any atom is 0.411 e. The first-order valence-electron chi connectivity index (χ1n) is 11.4. The van der Waals surface area contributed by atoms with Crippen LogP contribution in [-0.2, 0) is 19.1 Å². The van der Waals surface area contributed by atoms with Crippen molar-refractivity contribution in [2.24, 2.45) is 5.92 Å². The minimum Gasteiger partial charge on any atom is -0.458 e. The van der Waals surface area contributed by atoms with Gasteiger partial charge in [-0.1, -0.05) is 19.9 Å². The summed E-state index contributed by atoms with van der Waals surface area (Å²) >= 11 is 0. The molecule has 0 saturated carbocycles. The van der Waals surface area contributed by atoms with E-state index in [-0.39, 0.29) is 18.2 Å². The fourth-order valence-electron chi connectivity index (χ4n) is 4.16. The lowest BCUT2D eigenvalue weighted by atomic mass is 9.79. The lowest BCUT2D eigenvalue weighted by Gasteiger charge is -2.44. The molecule has 1 rings (SSSR count). The average molecular weight is 455 g/mol. The predicted molar refractivity (Wildman–Crippen MR) is 123 cm³/mol. The molecule has 2 amide bonds. The van der Waals surface area contributed by atoms with Crippen molar-refractivity contribution in [2.75, 3.05) is 0 Å². The minimum absolute atomic E-state index is 0.252. The lowest BCUT2D eigenvalue weighted by molar-refractivity contribution is -0.161. The number of carbonyl (C=O) groups excluding carboxylic acids is 3. The second-order valence-electron chi connectivity index (χ2n) is 10.6. The van der Waals surface area contributed by atoms with Crippen LogP contribution in [0.25, 0.3) is 0 Å². The van der Waals surface area contributed by atoms with Crippen molar-refractivity contribution in [1.29, 1.82) is 0 Å². The Morgan fingerprint density at radius 3 is 1.97 bits per heavy atom. The second-order valence-corrected chi connectivity index (χ2v) is 10.6. The molecular formula is C24H42N2O6. The summed E-state index contributed by atoms with van der Waals surface area (Å²) in [6.07, 6.45) is 1.89. The number of hydrogen-bond acceptors (Lipinski definition) is 6. The smallest absolute Gasteiger partial charge is 0.411 e. The van der Waals surface area contributed by atoms with E-state index < -0.39 is 47.0 Å². The van der Waals surface area contributed by atoms with Crippen LogP contribution in [0, 0.1) is 5.92 Å². The molecule has 32 heavy (non-hydrogen) atoms. The van der Waals surface area contributed by atoms with Crippen molar-refractivity contribution in [3.63, 3.8) is 0 Å². The Kier molecular flexibility index (Phi) is 8.94. The number of aliphatic hydroxyl groups is 1. The third kappa shape index (κ3) is 6.95. The first-order valence-corrected chi connectivity index (χ1v) is 11.4. The summed E-state index contributed by atoms with van der Waals surface area (Å²) in [6, 6.07) is -2.52. The van der Waals surface area contributed by atoms with Crippen LogP contribution in [-0.4, -0.2) is 62.9 Å². The molecule has 0 radical (unpaired) electrons. The molecule has 1 saturated heterocycles. The van der Waals surface area contributed by atoms with Gasteiger partial charge in [0.1, 0.15) is 17.2 Å². The highest BCUT2D eigenvalue weighted by atomic mass is 16.6. The van der Waals surface area contributed by atoms with Gasteiger partial charge < -0.3 is 19.9 Å². The van der Waals surface area contributed by atoms with E-state index in [4.69, 9.17) is 9.47 Å². The second kappa shape index (κ2) is 10.2. The van der Waals surface area contributed by atoms with Crippen molar-refractivity contribution in [1.82, 2.24) is 10.2 Å². The Morgan fingerprint density at radius 1 is 1.09 bits per heavy atom. The van der Waals surface area contributed by atoms with Gasteiger partial charge in [0.05, 0.1) is 17.7 Å². The van der Waals surface area contributed by atoms with Crippen molar-refractivity contribution >= 4 is 18.0 Å². The van der Waals surface area contributed by atoms with E-state index in [2.05, 4.69) is 11.9 Å². The van der Waals surface area contributed by atoms with Crippen LogP contribution < -0.4 is 5.32 Å². The molecule has 0 aromatic rings. The van der Waals surface area contributed by atoms with Gasteiger partial charge in [-0.25, -0.2) is 9.59 Å². The van der Waals surface area contributed by atoms with E-state index >= 15 is 0 Å². The third-order valence-electron chi connectivity index (χ3n) is 5.68. The Labute approximate surface area is 192 Å². The van der Waals surface area contributed by atoms with Crippen LogP contribution in [0.1, 0.15) is 81.6 Å². The summed E-state index contributed by atoms with van der Waals surface area (Å²) in [4.78, 5) is 40.0. The zero-order chi connectivity index (χ0) is 25.1. The van der Waals surface area contributed by atoms with Gasteiger partial charge in [0.25, 0.3) is 0 Å². The molecule has 0 aliphatic carbocycles. The summed E-state index contributed by atoms with van der Waals surface area (Å²) in [5, 5.41) is 14.3. The van der Waals surface area contributed by atoms with E-state index in [0.717, 1.165) is 0 Å². The molecule has 1 aliphatic heterocycles. The fraction of sp³-hybridized carbons (Fsp3) is 0.792. The van der Waals surface area contributed by atoms with Crippen LogP contribution in [0.3, 0.4) is 0 Å². The molecule has 0 aromatic heterocycles. The molecular weight excluding hydrogens is 412 g/mol. The van der Waals surface area contributed by atoms with E-state index in [0.29, 0.717) is 12.8 Å². The summed E-state index contributed by atoms with van der Waals surface area (Å²) in [5.74, 6) is -1.28. The number of nitrogens with zero attached hydrogens (tertiary/aromatic N) is 1. The van der Waals surface area contributed by atoms with Gasteiger partial charge in [-0.2, -0.15) is 0 Å². The largest absolute Gasteiger partial charge is 0.458 e. The number of likely N-dealkylation sites (tertiary alicyclic amines) is 1. The van der Waals surface area contributed by atoms with E-state index in [9.17, 15) is 19.5 Å². The summed E-state index contributed by atoms with van der Waals surface area (Å²) < 4.78 is 11.2. The number of rotatable bonds is 7. The van der Waals surface area contributed by atoms with Gasteiger partial charge in [0.2, 0.25) is 5.91 Å². The molecule has 0 aromatic carbocycles. The number of esters is 1. The van der Waals surface area contributed by atoms with E-state index in [1.54, 1.807) is 47.6 Å². The number of nitrogens with one attached hydrogen (secondary N) is 1. The molecule has 0 unspecified atom stereocenters. The van der Waals surface area contributed by atoms with Gasteiger partial charge in [-0.15, -0.1) is 6.58 Å². The first kappa shape index (κ1) is 27.9. The average Bonchev–Trinajstić information content (AvgIpc) is 3.02. The van der Waals surface area contributed by atoms with E-state index in [1.165, 1.54) is 11.8 Å². The number of hydrogen-bond donors (Lipinski definition) is 2. The van der Waals surface area contributed by atoms with Gasteiger partial charge in [-0.3, -0.25) is 9.69 Å². The summed E-state index contributed by atoms with van der Waals surface area (Å²) in [6.45, 7) is 19.4. The lowest BCUT2D eigenvalue weighted by Crippen LogP contribution is -2.64. The highest BCUT2D eigenvalue weighted by Gasteiger charge is 2.55. The molecule has 0 spiro atoms. The van der Waals surface area contributed by atoms with Crippen molar-refractivity contribution in [3.8, 4) is 0 Å². The minimum atomic E-state index is -1.30. The van der Waals surface area contributed by atoms with Crippen LogP contribution in [0.15, 0.2) is 12.7 Å². The van der Waals surface area contributed by atoms with Gasteiger partial charge >= 0.3 is 12.1 Å². The Morgan fingerprint density at radius 2 is 1.59 bits per heavy atom. The SMILES string of the molecule is C=C[C@@H]1C[C@H](C(=O)OC(C)(C)C)N(C(=O)OC(C)(C)C)[C@H]1[C@@H](NC(C)=O)C(O)(CC)CC. The Bertz CT molecular complexity index is 702. The zero-order valence-electron chi connectivity index (χ0n) is 21.2. The van der Waals surface area contributed by atoms with E-state index in [1.807, 2.05) is 13.8 Å². The fourth-order valence-corrected chi connectivity index (χ4v) is 4.16. The molecule has 1 fully saturated rings. The summed E-state index contributed by atoms with van der Waals surface area (Å²) in [7, 11) is 0. The highest BCUT2D eigenvalue weighted by molar-refractivity contribution is 5.83.